The minimum atomic E-state index is -0.621. The van der Waals surface area contributed by atoms with Crippen LogP contribution in [-0.2, 0) is 4.74 Å². The number of Topliss-reactive ketones (excluding diaryl/α,β-unsaturated/α-hetero) is 1. The number of fused-ring (bicyclic) bond motifs is 1. The molecule has 1 aromatic heterocycles. The van der Waals surface area contributed by atoms with Gasteiger partial charge < -0.3 is 4.74 Å². The van der Waals surface area contributed by atoms with Crippen LogP contribution in [-0.4, -0.2) is 23.5 Å². The van der Waals surface area contributed by atoms with E-state index in [9.17, 15) is 4.79 Å². The average molecular weight is 283 g/mol. The third kappa shape index (κ3) is 2.58. The van der Waals surface area contributed by atoms with Crippen LogP contribution in [0.2, 0.25) is 0 Å². The normalized spacial score (nSPS) is 17.8. The molecule has 3 nitrogen and oxygen atoms in total. The van der Waals surface area contributed by atoms with Gasteiger partial charge in [-0.25, -0.2) is 0 Å². The minimum absolute atomic E-state index is 0.118. The Labute approximate surface area is 125 Å². The van der Waals surface area contributed by atoms with Gasteiger partial charge in [-0.05, 0) is 44.0 Å². The number of ketones is 1. The fourth-order valence-corrected chi connectivity index (χ4v) is 3.28. The molecule has 0 amide bonds. The molecule has 1 saturated carbocycles. The van der Waals surface area contributed by atoms with E-state index in [0.717, 1.165) is 47.8 Å². The van der Waals surface area contributed by atoms with Crippen molar-refractivity contribution in [3.8, 4) is 0 Å². The number of pyridine rings is 1. The highest BCUT2D eigenvalue weighted by atomic mass is 16.5. The van der Waals surface area contributed by atoms with E-state index in [1.165, 1.54) is 6.42 Å². The molecule has 2 aromatic rings. The Balaban J connectivity index is 1.98. The molecule has 0 aliphatic heterocycles. The summed E-state index contributed by atoms with van der Waals surface area (Å²) in [5.74, 6) is 0.118. The highest BCUT2D eigenvalue weighted by Gasteiger charge is 2.39. The number of aromatic nitrogens is 1. The zero-order chi connectivity index (χ0) is 14.9. The maximum absolute atomic E-state index is 12.9. The second kappa shape index (κ2) is 5.57. The number of ether oxygens (including phenoxy) is 1. The Morgan fingerprint density at radius 2 is 1.90 bits per heavy atom. The van der Waals surface area contributed by atoms with Gasteiger partial charge in [0.05, 0.1) is 5.52 Å². The molecule has 110 valence electrons. The van der Waals surface area contributed by atoms with Crippen molar-refractivity contribution in [1.29, 1.82) is 0 Å². The molecule has 0 spiro atoms. The fourth-order valence-electron chi connectivity index (χ4n) is 3.28. The molecule has 1 aromatic carbocycles. The van der Waals surface area contributed by atoms with Crippen LogP contribution in [0.3, 0.4) is 0 Å². The molecule has 1 aliphatic rings. The molecule has 3 heteroatoms. The van der Waals surface area contributed by atoms with Gasteiger partial charge in [-0.1, -0.05) is 25.3 Å². The Morgan fingerprint density at radius 1 is 1.14 bits per heavy atom. The summed E-state index contributed by atoms with van der Waals surface area (Å²) in [6.45, 7) is 1.97. The van der Waals surface area contributed by atoms with E-state index in [1.54, 1.807) is 7.11 Å². The lowest BCUT2D eigenvalue weighted by Crippen LogP contribution is -2.42. The van der Waals surface area contributed by atoms with Crippen molar-refractivity contribution in [3.05, 3.63) is 41.6 Å². The van der Waals surface area contributed by atoms with Gasteiger partial charge in [0.2, 0.25) is 0 Å². The number of methoxy groups -OCH3 is 1. The van der Waals surface area contributed by atoms with Gasteiger partial charge in [-0.2, -0.15) is 0 Å². The van der Waals surface area contributed by atoms with Crippen LogP contribution >= 0.6 is 0 Å². The lowest BCUT2D eigenvalue weighted by Gasteiger charge is -2.34. The molecule has 1 fully saturated rings. The predicted octanol–water partition coefficient (Wildman–Crippen LogP) is 4.08. The number of benzene rings is 1. The molecule has 0 bridgehead atoms. The van der Waals surface area contributed by atoms with Crippen LogP contribution in [0.25, 0.3) is 10.9 Å². The lowest BCUT2D eigenvalue weighted by atomic mass is 9.79. The molecule has 0 saturated heterocycles. The van der Waals surface area contributed by atoms with Crippen molar-refractivity contribution in [3.63, 3.8) is 0 Å². The van der Waals surface area contributed by atoms with E-state index < -0.39 is 5.60 Å². The summed E-state index contributed by atoms with van der Waals surface area (Å²) in [7, 11) is 1.66. The molecule has 0 unspecified atom stereocenters. The summed E-state index contributed by atoms with van der Waals surface area (Å²) < 4.78 is 5.66. The number of rotatable bonds is 3. The van der Waals surface area contributed by atoms with Crippen molar-refractivity contribution in [2.75, 3.05) is 7.11 Å². The van der Waals surface area contributed by atoms with Crippen LogP contribution in [0.4, 0.5) is 0 Å². The summed E-state index contributed by atoms with van der Waals surface area (Å²) in [5.41, 5.74) is 2.03. The number of nitrogens with zero attached hydrogens (tertiary/aromatic N) is 1. The summed E-state index contributed by atoms with van der Waals surface area (Å²) >= 11 is 0. The van der Waals surface area contributed by atoms with Crippen LogP contribution in [0.5, 0.6) is 0 Å². The summed E-state index contributed by atoms with van der Waals surface area (Å²) in [4.78, 5) is 17.4. The molecule has 1 aliphatic carbocycles. The van der Waals surface area contributed by atoms with Gasteiger partial charge in [-0.15, -0.1) is 0 Å². The van der Waals surface area contributed by atoms with Crippen LogP contribution < -0.4 is 0 Å². The molecule has 21 heavy (non-hydrogen) atoms. The van der Waals surface area contributed by atoms with Gasteiger partial charge in [0.15, 0.2) is 5.78 Å². The third-order valence-electron chi connectivity index (χ3n) is 4.56. The smallest absolute Gasteiger partial charge is 0.194 e. The van der Waals surface area contributed by atoms with E-state index in [-0.39, 0.29) is 5.78 Å². The average Bonchev–Trinajstić information content (AvgIpc) is 2.54. The molecule has 0 radical (unpaired) electrons. The van der Waals surface area contributed by atoms with Crippen LogP contribution in [0.1, 0.15) is 48.2 Å². The number of hydrogen-bond donors (Lipinski definition) is 0. The molecular formula is C18H21NO2. The largest absolute Gasteiger partial charge is 0.370 e. The van der Waals surface area contributed by atoms with Gasteiger partial charge >= 0.3 is 0 Å². The number of carbonyl (C=O) groups is 1. The highest BCUT2D eigenvalue weighted by molar-refractivity contribution is 6.04. The summed E-state index contributed by atoms with van der Waals surface area (Å²) in [6, 6.07) is 9.76. The first kappa shape index (κ1) is 14.2. The van der Waals surface area contributed by atoms with Gasteiger partial charge in [0, 0.05) is 23.8 Å². The van der Waals surface area contributed by atoms with E-state index >= 15 is 0 Å². The number of hydrogen-bond acceptors (Lipinski definition) is 3. The molecule has 0 N–H and O–H groups in total. The van der Waals surface area contributed by atoms with Crippen molar-refractivity contribution in [2.24, 2.45) is 0 Å². The Bertz CT molecular complexity index is 672. The molecule has 0 atom stereocenters. The number of aryl methyl sites for hydroxylation is 1. The van der Waals surface area contributed by atoms with Crippen LogP contribution in [0.15, 0.2) is 30.3 Å². The van der Waals surface area contributed by atoms with Crippen LogP contribution in [0, 0.1) is 6.92 Å². The topological polar surface area (TPSA) is 39.2 Å². The summed E-state index contributed by atoms with van der Waals surface area (Å²) in [6.07, 6.45) is 4.97. The maximum Gasteiger partial charge on any atom is 0.194 e. The van der Waals surface area contributed by atoms with Crippen molar-refractivity contribution in [1.82, 2.24) is 4.98 Å². The molecule has 3 rings (SSSR count). The van der Waals surface area contributed by atoms with Crippen molar-refractivity contribution >= 4 is 16.7 Å². The lowest BCUT2D eigenvalue weighted by molar-refractivity contribution is -0.0194. The maximum atomic E-state index is 12.9. The molecule has 1 heterocycles. The Morgan fingerprint density at radius 3 is 2.62 bits per heavy atom. The second-order valence-corrected chi connectivity index (χ2v) is 5.95. The first-order valence-electron chi connectivity index (χ1n) is 7.62. The number of carbonyl (C=O) groups excluding carboxylic acids is 1. The van der Waals surface area contributed by atoms with Crippen molar-refractivity contribution in [2.45, 2.75) is 44.6 Å². The van der Waals surface area contributed by atoms with E-state index in [1.807, 2.05) is 37.3 Å². The van der Waals surface area contributed by atoms with Gasteiger partial charge in [0.1, 0.15) is 5.60 Å². The predicted molar refractivity (Wildman–Crippen MR) is 83.6 cm³/mol. The van der Waals surface area contributed by atoms with E-state index in [4.69, 9.17) is 4.74 Å². The van der Waals surface area contributed by atoms with Crippen molar-refractivity contribution < 1.29 is 9.53 Å². The summed E-state index contributed by atoms with van der Waals surface area (Å²) in [5, 5.41) is 1.01. The van der Waals surface area contributed by atoms with E-state index in [2.05, 4.69) is 4.98 Å². The Kier molecular flexibility index (Phi) is 3.77. The third-order valence-corrected chi connectivity index (χ3v) is 4.56. The quantitative estimate of drug-likeness (QED) is 0.797. The highest BCUT2D eigenvalue weighted by Crippen LogP contribution is 2.34. The fraction of sp³-hybridized carbons (Fsp3) is 0.444. The molecular weight excluding hydrogens is 262 g/mol. The standard InChI is InChI=1S/C18H21NO2/c1-13-6-7-14-12-15(8-9-16(14)19-13)17(20)18(21-2)10-4-3-5-11-18/h6-9,12H,3-5,10-11H2,1-2H3. The first-order chi connectivity index (χ1) is 10.1. The SMILES string of the molecule is COC1(C(=O)c2ccc3nc(C)ccc3c2)CCCCC1. The Hall–Kier alpha value is -1.74. The zero-order valence-corrected chi connectivity index (χ0v) is 12.7. The monoisotopic (exact) mass is 283 g/mol. The minimum Gasteiger partial charge on any atom is -0.370 e. The van der Waals surface area contributed by atoms with Gasteiger partial charge in [-0.3, -0.25) is 9.78 Å². The second-order valence-electron chi connectivity index (χ2n) is 5.95. The zero-order valence-electron chi connectivity index (χ0n) is 12.7. The van der Waals surface area contributed by atoms with E-state index in [0.29, 0.717) is 0 Å². The first-order valence-corrected chi connectivity index (χ1v) is 7.62. The van der Waals surface area contributed by atoms with Gasteiger partial charge in [0.25, 0.3) is 0 Å².